The van der Waals surface area contributed by atoms with Gasteiger partial charge in [0.05, 0.1) is 6.04 Å². The second-order valence-corrected chi connectivity index (χ2v) is 6.87. The molecule has 0 aliphatic carbocycles. The Balaban J connectivity index is 1.91. The van der Waals surface area contributed by atoms with E-state index in [1.54, 1.807) is 0 Å². The highest BCUT2D eigenvalue weighted by Gasteiger charge is 2.35. The molecule has 0 fully saturated rings. The topological polar surface area (TPSA) is 53.5 Å². The SMILES string of the molecule is CC1=NC(=S)NC(c2ccc(Br)cc2)C1C(=O)Nc1ccccc1. The molecule has 0 saturated carbocycles. The van der Waals surface area contributed by atoms with Gasteiger partial charge in [-0.25, -0.2) is 4.99 Å². The third kappa shape index (κ3) is 3.71. The highest BCUT2D eigenvalue weighted by atomic mass is 79.9. The zero-order valence-corrected chi connectivity index (χ0v) is 15.4. The summed E-state index contributed by atoms with van der Waals surface area (Å²) in [6.07, 6.45) is 0. The molecule has 1 heterocycles. The quantitative estimate of drug-likeness (QED) is 0.761. The van der Waals surface area contributed by atoms with Crippen molar-refractivity contribution < 1.29 is 4.79 Å². The number of nitrogens with one attached hydrogen (secondary N) is 2. The van der Waals surface area contributed by atoms with Gasteiger partial charge in [0.15, 0.2) is 5.11 Å². The molecule has 2 aromatic carbocycles. The maximum absolute atomic E-state index is 12.9. The fraction of sp³-hybridized carbons (Fsp3) is 0.167. The second kappa shape index (κ2) is 7.23. The van der Waals surface area contributed by atoms with Crippen LogP contribution in [0.25, 0.3) is 0 Å². The van der Waals surface area contributed by atoms with E-state index in [9.17, 15) is 4.79 Å². The van der Waals surface area contributed by atoms with Crippen LogP contribution in [0.1, 0.15) is 18.5 Å². The van der Waals surface area contributed by atoms with Gasteiger partial charge in [-0.1, -0.05) is 46.3 Å². The van der Waals surface area contributed by atoms with E-state index in [1.807, 2.05) is 61.5 Å². The lowest BCUT2D eigenvalue weighted by Gasteiger charge is -2.31. The van der Waals surface area contributed by atoms with Gasteiger partial charge in [0.2, 0.25) is 5.91 Å². The number of carbonyl (C=O) groups is 1. The molecule has 1 aliphatic heterocycles. The van der Waals surface area contributed by atoms with Gasteiger partial charge >= 0.3 is 0 Å². The first-order valence-corrected chi connectivity index (χ1v) is 8.72. The summed E-state index contributed by atoms with van der Waals surface area (Å²) in [5, 5.41) is 6.53. The average molecular weight is 402 g/mol. The van der Waals surface area contributed by atoms with Crippen LogP contribution in [0.4, 0.5) is 5.69 Å². The molecular formula is C18H16BrN3OS. The minimum absolute atomic E-state index is 0.106. The molecule has 1 aliphatic rings. The average Bonchev–Trinajstić information content (AvgIpc) is 2.55. The number of carbonyl (C=O) groups excluding carboxylic acids is 1. The Labute approximate surface area is 154 Å². The van der Waals surface area contributed by atoms with Gasteiger partial charge in [-0.3, -0.25) is 4.79 Å². The lowest BCUT2D eigenvalue weighted by molar-refractivity contribution is -0.118. The molecule has 1 amide bonds. The molecular weight excluding hydrogens is 386 g/mol. The number of hydrogen-bond donors (Lipinski definition) is 2. The Bertz CT molecular complexity index is 790. The van der Waals surface area contributed by atoms with Crippen molar-refractivity contribution in [2.24, 2.45) is 10.9 Å². The third-order valence-corrected chi connectivity index (χ3v) is 4.63. The Morgan fingerprint density at radius 3 is 2.50 bits per heavy atom. The summed E-state index contributed by atoms with van der Waals surface area (Å²) < 4.78 is 0.986. The Morgan fingerprint density at radius 1 is 1.17 bits per heavy atom. The molecule has 0 spiro atoms. The number of para-hydroxylation sites is 1. The lowest BCUT2D eigenvalue weighted by atomic mass is 9.87. The van der Waals surface area contributed by atoms with E-state index < -0.39 is 5.92 Å². The van der Waals surface area contributed by atoms with Crippen molar-refractivity contribution in [2.75, 3.05) is 5.32 Å². The molecule has 0 bridgehead atoms. The van der Waals surface area contributed by atoms with Gasteiger partial charge in [-0.05, 0) is 49.0 Å². The molecule has 2 aromatic rings. The number of nitrogens with zero attached hydrogens (tertiary/aromatic N) is 1. The zero-order chi connectivity index (χ0) is 17.1. The van der Waals surface area contributed by atoms with Gasteiger partial charge in [-0.15, -0.1) is 0 Å². The Hall–Kier alpha value is -2.05. The molecule has 3 rings (SSSR count). The van der Waals surface area contributed by atoms with Gasteiger partial charge in [0.25, 0.3) is 0 Å². The summed E-state index contributed by atoms with van der Waals surface area (Å²) in [5.74, 6) is -0.538. The van der Waals surface area contributed by atoms with Crippen molar-refractivity contribution in [3.8, 4) is 0 Å². The number of benzene rings is 2. The number of rotatable bonds is 3. The van der Waals surface area contributed by atoms with Crippen LogP contribution in [-0.2, 0) is 4.79 Å². The molecule has 0 radical (unpaired) electrons. The van der Waals surface area contributed by atoms with E-state index in [-0.39, 0.29) is 11.9 Å². The van der Waals surface area contributed by atoms with Crippen LogP contribution in [-0.4, -0.2) is 16.7 Å². The Kier molecular flexibility index (Phi) is 5.06. The first-order valence-electron chi connectivity index (χ1n) is 7.51. The summed E-state index contributed by atoms with van der Waals surface area (Å²) in [7, 11) is 0. The van der Waals surface area contributed by atoms with E-state index in [2.05, 4.69) is 31.6 Å². The van der Waals surface area contributed by atoms with Crippen molar-refractivity contribution in [1.82, 2.24) is 5.32 Å². The highest BCUT2D eigenvalue weighted by Crippen LogP contribution is 2.29. The minimum Gasteiger partial charge on any atom is -0.353 e. The first kappa shape index (κ1) is 16.8. The zero-order valence-electron chi connectivity index (χ0n) is 13.0. The minimum atomic E-state index is -0.432. The number of hydrogen-bond acceptors (Lipinski definition) is 2. The second-order valence-electron chi connectivity index (χ2n) is 5.56. The van der Waals surface area contributed by atoms with Gasteiger partial charge in [-0.2, -0.15) is 0 Å². The van der Waals surface area contributed by atoms with Crippen molar-refractivity contribution in [1.29, 1.82) is 0 Å². The highest BCUT2D eigenvalue weighted by molar-refractivity contribution is 9.10. The van der Waals surface area contributed by atoms with Crippen molar-refractivity contribution in [3.05, 3.63) is 64.6 Å². The molecule has 0 aromatic heterocycles. The van der Waals surface area contributed by atoms with Crippen LogP contribution < -0.4 is 10.6 Å². The van der Waals surface area contributed by atoms with Crippen molar-refractivity contribution in [3.63, 3.8) is 0 Å². The van der Waals surface area contributed by atoms with Gasteiger partial charge < -0.3 is 10.6 Å². The standard InChI is InChI=1S/C18H16BrN3OS/c1-11-15(17(23)21-14-5-3-2-4-6-14)16(22-18(24)20-11)12-7-9-13(19)10-8-12/h2-10,15-16H,1H3,(H,21,23)(H,22,24). The summed E-state index contributed by atoms with van der Waals surface area (Å²) in [6.45, 7) is 1.84. The third-order valence-electron chi connectivity index (χ3n) is 3.89. The molecule has 0 saturated heterocycles. The predicted octanol–water partition coefficient (Wildman–Crippen LogP) is 4.09. The van der Waals surface area contributed by atoms with E-state index in [4.69, 9.17) is 12.2 Å². The van der Waals surface area contributed by atoms with E-state index >= 15 is 0 Å². The lowest BCUT2D eigenvalue weighted by Crippen LogP contribution is -2.45. The molecule has 2 atom stereocenters. The normalized spacial score (nSPS) is 20.1. The van der Waals surface area contributed by atoms with Crippen LogP contribution >= 0.6 is 28.1 Å². The number of anilines is 1. The van der Waals surface area contributed by atoms with Crippen LogP contribution in [0, 0.1) is 5.92 Å². The van der Waals surface area contributed by atoms with Crippen molar-refractivity contribution >= 4 is 50.6 Å². The summed E-state index contributed by atoms with van der Waals surface area (Å²) in [4.78, 5) is 17.1. The molecule has 122 valence electrons. The van der Waals surface area contributed by atoms with Gasteiger partial charge in [0.1, 0.15) is 5.92 Å². The molecule has 4 nitrogen and oxygen atoms in total. The molecule has 2 unspecified atom stereocenters. The van der Waals surface area contributed by atoms with Crippen LogP contribution in [0.15, 0.2) is 64.1 Å². The van der Waals surface area contributed by atoms with E-state index in [0.29, 0.717) is 10.8 Å². The Morgan fingerprint density at radius 2 is 1.83 bits per heavy atom. The van der Waals surface area contributed by atoms with Crippen molar-refractivity contribution in [2.45, 2.75) is 13.0 Å². The molecule has 6 heteroatoms. The number of thiocarbonyl (C=S) groups is 1. The summed E-state index contributed by atoms with van der Waals surface area (Å²) >= 11 is 8.65. The van der Waals surface area contributed by atoms with Crippen LogP contribution in [0.5, 0.6) is 0 Å². The monoisotopic (exact) mass is 401 g/mol. The summed E-state index contributed by atoms with van der Waals surface area (Å²) in [5.41, 5.74) is 2.46. The van der Waals surface area contributed by atoms with E-state index in [0.717, 1.165) is 15.7 Å². The summed E-state index contributed by atoms with van der Waals surface area (Å²) in [6, 6.07) is 17.0. The number of halogens is 1. The molecule has 2 N–H and O–H groups in total. The fourth-order valence-electron chi connectivity index (χ4n) is 2.75. The smallest absolute Gasteiger partial charge is 0.235 e. The van der Waals surface area contributed by atoms with E-state index in [1.165, 1.54) is 0 Å². The fourth-order valence-corrected chi connectivity index (χ4v) is 3.28. The maximum atomic E-state index is 12.9. The van der Waals surface area contributed by atoms with Crippen LogP contribution in [0.3, 0.4) is 0 Å². The first-order chi connectivity index (χ1) is 11.5. The van der Waals surface area contributed by atoms with Gasteiger partial charge in [0, 0.05) is 15.9 Å². The van der Waals surface area contributed by atoms with Crippen LogP contribution in [0.2, 0.25) is 0 Å². The molecule has 24 heavy (non-hydrogen) atoms. The number of aliphatic imine (C=N–C) groups is 1. The predicted molar refractivity (Wildman–Crippen MR) is 104 cm³/mol. The largest absolute Gasteiger partial charge is 0.353 e. The number of amides is 1. The maximum Gasteiger partial charge on any atom is 0.235 e.